The molecule has 4 N–H and O–H groups in total. The van der Waals surface area contributed by atoms with Gasteiger partial charge in [-0.2, -0.15) is 0 Å². The second-order valence-electron chi connectivity index (χ2n) is 11.2. The fraction of sp³-hybridized carbons (Fsp3) is 0.167. The van der Waals surface area contributed by atoms with Crippen LogP contribution >= 0.6 is 11.6 Å². The summed E-state index contributed by atoms with van der Waals surface area (Å²) in [5, 5.41) is 20.4. The SMILES string of the molecule is O=C(Nc1ccc(Cl)cc1)NC1CCC(Oc2ccc3cc(Oc4ccc(C(=O)Nc5ccccc5C(=O)O)cn4)ccc3c2)CC1. The van der Waals surface area contributed by atoms with E-state index in [1.54, 1.807) is 48.5 Å². The Labute approximate surface area is 275 Å². The third kappa shape index (κ3) is 8.16. The van der Waals surface area contributed by atoms with Gasteiger partial charge in [0.2, 0.25) is 5.88 Å². The highest BCUT2D eigenvalue weighted by molar-refractivity contribution is 6.30. The van der Waals surface area contributed by atoms with Gasteiger partial charge >= 0.3 is 12.0 Å². The largest absolute Gasteiger partial charge is 0.490 e. The van der Waals surface area contributed by atoms with Crippen LogP contribution < -0.4 is 25.4 Å². The average Bonchev–Trinajstić information content (AvgIpc) is 3.07. The van der Waals surface area contributed by atoms with E-state index >= 15 is 0 Å². The summed E-state index contributed by atoms with van der Waals surface area (Å²) in [4.78, 5) is 40.7. The number of carbonyl (C=O) groups is 3. The fourth-order valence-corrected chi connectivity index (χ4v) is 5.54. The molecule has 0 unspecified atom stereocenters. The first-order valence-corrected chi connectivity index (χ1v) is 15.5. The molecule has 0 saturated heterocycles. The number of hydrogen-bond donors (Lipinski definition) is 4. The molecule has 0 aliphatic heterocycles. The van der Waals surface area contributed by atoms with Crippen LogP contribution in [-0.4, -0.2) is 40.1 Å². The lowest BCUT2D eigenvalue weighted by Gasteiger charge is -2.29. The summed E-state index contributed by atoms with van der Waals surface area (Å²) in [6.45, 7) is 0. The molecule has 1 saturated carbocycles. The monoisotopic (exact) mass is 650 g/mol. The smallest absolute Gasteiger partial charge is 0.337 e. The molecule has 11 heteroatoms. The van der Waals surface area contributed by atoms with E-state index in [0.29, 0.717) is 22.3 Å². The van der Waals surface area contributed by atoms with Crippen LogP contribution in [0.1, 0.15) is 46.4 Å². The summed E-state index contributed by atoms with van der Waals surface area (Å²) in [6, 6.07) is 27.8. The molecule has 1 aliphatic rings. The Bertz CT molecular complexity index is 1910. The minimum Gasteiger partial charge on any atom is -0.490 e. The number of carbonyl (C=O) groups excluding carboxylic acids is 2. The number of benzene rings is 4. The zero-order chi connectivity index (χ0) is 32.8. The van der Waals surface area contributed by atoms with Crippen LogP contribution in [0.2, 0.25) is 5.02 Å². The van der Waals surface area contributed by atoms with Gasteiger partial charge in [0.25, 0.3) is 5.91 Å². The number of anilines is 2. The third-order valence-electron chi connectivity index (χ3n) is 7.82. The van der Waals surface area contributed by atoms with Crippen molar-refractivity contribution in [1.82, 2.24) is 10.3 Å². The number of para-hydroxylation sites is 1. The van der Waals surface area contributed by atoms with Gasteiger partial charge in [0.05, 0.1) is 22.9 Å². The van der Waals surface area contributed by atoms with E-state index in [4.69, 9.17) is 21.1 Å². The van der Waals surface area contributed by atoms with Crippen LogP contribution in [0, 0.1) is 0 Å². The number of carboxylic acids is 1. The molecule has 1 heterocycles. The maximum atomic E-state index is 12.7. The maximum absolute atomic E-state index is 12.7. The Morgan fingerprint density at radius 2 is 1.49 bits per heavy atom. The topological polar surface area (TPSA) is 139 Å². The molecule has 238 valence electrons. The molecule has 5 aromatic rings. The first-order valence-electron chi connectivity index (χ1n) is 15.1. The van der Waals surface area contributed by atoms with Crippen molar-refractivity contribution in [1.29, 1.82) is 0 Å². The highest BCUT2D eigenvalue weighted by Crippen LogP contribution is 2.30. The number of aromatic carboxylic acids is 1. The van der Waals surface area contributed by atoms with E-state index in [2.05, 4.69) is 20.9 Å². The summed E-state index contributed by atoms with van der Waals surface area (Å²) >= 11 is 5.91. The predicted octanol–water partition coefficient (Wildman–Crippen LogP) is 8.14. The Morgan fingerprint density at radius 3 is 2.19 bits per heavy atom. The van der Waals surface area contributed by atoms with Gasteiger partial charge in [0, 0.05) is 29.0 Å². The van der Waals surface area contributed by atoms with Crippen LogP contribution in [0.4, 0.5) is 16.2 Å². The van der Waals surface area contributed by atoms with Crippen LogP contribution in [0.5, 0.6) is 17.4 Å². The van der Waals surface area contributed by atoms with Crippen molar-refractivity contribution < 1.29 is 29.0 Å². The molecule has 3 amide bonds. The summed E-state index contributed by atoms with van der Waals surface area (Å²) in [6.07, 6.45) is 4.75. The third-order valence-corrected chi connectivity index (χ3v) is 8.08. The van der Waals surface area contributed by atoms with Crippen LogP contribution in [0.25, 0.3) is 10.8 Å². The minimum absolute atomic E-state index is 0.00188. The first-order chi connectivity index (χ1) is 22.8. The first kappa shape index (κ1) is 31.4. The molecule has 0 atom stereocenters. The molecule has 1 aromatic heterocycles. The average molecular weight is 651 g/mol. The molecule has 1 fully saturated rings. The number of hydrogen-bond acceptors (Lipinski definition) is 6. The molecule has 0 bridgehead atoms. The number of nitrogens with zero attached hydrogens (tertiary/aromatic N) is 1. The number of amides is 3. The Morgan fingerprint density at radius 1 is 0.787 bits per heavy atom. The number of ether oxygens (including phenoxy) is 2. The molecule has 10 nitrogen and oxygen atoms in total. The van der Waals surface area contributed by atoms with E-state index in [1.165, 1.54) is 18.3 Å². The Balaban J connectivity index is 0.994. The highest BCUT2D eigenvalue weighted by atomic mass is 35.5. The summed E-state index contributed by atoms with van der Waals surface area (Å²) in [5.74, 6) is 0.0536. The molecule has 6 rings (SSSR count). The van der Waals surface area contributed by atoms with Gasteiger partial charge in [-0.15, -0.1) is 0 Å². The molecular weight excluding hydrogens is 620 g/mol. The number of aromatic nitrogens is 1. The highest BCUT2D eigenvalue weighted by Gasteiger charge is 2.24. The standard InChI is InChI=1S/C36H31ClN4O6/c37-25-8-10-26(11-9-25)39-36(45)40-27-12-16-28(17-13-27)46-29-14-5-23-20-30(15-6-22(23)19-29)47-33-18-7-24(21-38-33)34(42)41-32-4-2-1-3-31(32)35(43)44/h1-11,14-15,18-21,27-28H,12-13,16-17H2,(H,41,42)(H,43,44)(H2,39,40,45). The number of fused-ring (bicyclic) bond motifs is 1. The van der Waals surface area contributed by atoms with Gasteiger partial charge in [0.1, 0.15) is 11.5 Å². The van der Waals surface area contributed by atoms with Crippen LogP contribution in [-0.2, 0) is 0 Å². The van der Waals surface area contributed by atoms with Gasteiger partial charge in [-0.05, 0) is 103 Å². The van der Waals surface area contributed by atoms with Gasteiger partial charge in [0.15, 0.2) is 0 Å². The molecule has 0 radical (unpaired) electrons. The lowest BCUT2D eigenvalue weighted by atomic mass is 9.93. The van der Waals surface area contributed by atoms with Crippen molar-refractivity contribution in [3.8, 4) is 17.4 Å². The second kappa shape index (κ2) is 14.2. The van der Waals surface area contributed by atoms with E-state index in [0.717, 1.165) is 42.2 Å². The number of urea groups is 1. The molecule has 1 aliphatic carbocycles. The zero-order valence-electron chi connectivity index (χ0n) is 25.1. The molecule has 4 aromatic carbocycles. The van der Waals surface area contributed by atoms with E-state index < -0.39 is 11.9 Å². The summed E-state index contributed by atoms with van der Waals surface area (Å²) in [5.41, 5.74) is 1.15. The molecule has 0 spiro atoms. The van der Waals surface area contributed by atoms with Crippen molar-refractivity contribution in [3.05, 3.63) is 119 Å². The number of rotatable bonds is 9. The Kier molecular flexibility index (Phi) is 9.49. The summed E-state index contributed by atoms with van der Waals surface area (Å²) in [7, 11) is 0. The molecule has 47 heavy (non-hydrogen) atoms. The predicted molar refractivity (Wildman–Crippen MR) is 180 cm³/mol. The van der Waals surface area contributed by atoms with Gasteiger partial charge in [-0.1, -0.05) is 35.9 Å². The van der Waals surface area contributed by atoms with E-state index in [1.807, 2.05) is 36.4 Å². The lowest BCUT2D eigenvalue weighted by molar-refractivity contribution is 0.0698. The number of nitrogens with one attached hydrogen (secondary N) is 3. The number of pyridine rings is 1. The van der Waals surface area contributed by atoms with Crippen molar-refractivity contribution >= 4 is 51.7 Å². The van der Waals surface area contributed by atoms with Crippen molar-refractivity contribution in [2.45, 2.75) is 37.8 Å². The number of halogens is 1. The Hall–Kier alpha value is -5.61. The van der Waals surface area contributed by atoms with Gasteiger partial charge in [-0.3, -0.25) is 4.79 Å². The second-order valence-corrected chi connectivity index (χ2v) is 11.6. The van der Waals surface area contributed by atoms with Gasteiger partial charge < -0.3 is 30.5 Å². The van der Waals surface area contributed by atoms with Crippen LogP contribution in [0.15, 0.2) is 103 Å². The summed E-state index contributed by atoms with van der Waals surface area (Å²) < 4.78 is 12.2. The van der Waals surface area contributed by atoms with Gasteiger partial charge in [-0.25, -0.2) is 14.6 Å². The number of carboxylic acid groups (broad SMARTS) is 1. The quantitative estimate of drug-likeness (QED) is 0.126. The normalized spacial score (nSPS) is 15.8. The van der Waals surface area contributed by atoms with Crippen molar-refractivity contribution in [2.24, 2.45) is 0 Å². The van der Waals surface area contributed by atoms with Crippen molar-refractivity contribution in [2.75, 3.05) is 10.6 Å². The fourth-order valence-electron chi connectivity index (χ4n) is 5.41. The van der Waals surface area contributed by atoms with E-state index in [-0.39, 0.29) is 35.0 Å². The van der Waals surface area contributed by atoms with E-state index in [9.17, 15) is 19.5 Å². The van der Waals surface area contributed by atoms with Crippen LogP contribution in [0.3, 0.4) is 0 Å². The van der Waals surface area contributed by atoms with Crippen molar-refractivity contribution in [3.63, 3.8) is 0 Å². The minimum atomic E-state index is -1.13. The lowest BCUT2D eigenvalue weighted by Crippen LogP contribution is -2.41. The zero-order valence-corrected chi connectivity index (χ0v) is 25.9. The maximum Gasteiger partial charge on any atom is 0.337 e. The molecular formula is C36H31ClN4O6.